The number of anilines is 6. The van der Waals surface area contributed by atoms with E-state index in [0.717, 1.165) is 56.4 Å². The van der Waals surface area contributed by atoms with Crippen LogP contribution in [0.3, 0.4) is 0 Å². The molecule has 0 atom stereocenters. The van der Waals surface area contributed by atoms with Gasteiger partial charge < -0.3 is 9.80 Å². The Morgan fingerprint density at radius 3 is 0.630 bits per heavy atom. The minimum atomic E-state index is 1.09. The van der Waals surface area contributed by atoms with Gasteiger partial charge in [0, 0.05) is 34.1 Å². The third-order valence-corrected chi connectivity index (χ3v) is 17.5. The van der Waals surface area contributed by atoms with E-state index in [9.17, 15) is 0 Å². The van der Waals surface area contributed by atoms with Gasteiger partial charge in [-0.15, -0.1) is 0 Å². The maximum atomic E-state index is 2.33. The molecule has 0 radical (unpaired) electrons. The topological polar surface area (TPSA) is 6.48 Å². The summed E-state index contributed by atoms with van der Waals surface area (Å²) in [6.45, 7) is 0. The van der Waals surface area contributed by atoms with Crippen LogP contribution in [-0.4, -0.2) is 0 Å². The van der Waals surface area contributed by atoms with Crippen LogP contribution in [0.25, 0.3) is 89.4 Å². The summed E-state index contributed by atoms with van der Waals surface area (Å²) in [5, 5.41) is 4.92. The largest absolute Gasteiger partial charge is 0.311 e. The third kappa shape index (κ3) is 11.8. The first kappa shape index (κ1) is 56.4. The zero-order valence-corrected chi connectivity index (χ0v) is 50.8. The molecule has 0 saturated carbocycles. The summed E-state index contributed by atoms with van der Waals surface area (Å²) in [5.74, 6) is 0. The van der Waals surface area contributed by atoms with Crippen molar-refractivity contribution in [1.82, 2.24) is 0 Å². The van der Waals surface area contributed by atoms with Gasteiger partial charge >= 0.3 is 0 Å². The summed E-state index contributed by atoms with van der Waals surface area (Å²) in [6, 6.07) is 136. The van der Waals surface area contributed by atoms with E-state index in [4.69, 9.17) is 0 Å². The zero-order chi connectivity index (χ0) is 61.4. The number of rotatable bonds is 16. The van der Waals surface area contributed by atoms with Gasteiger partial charge in [0.1, 0.15) is 0 Å². The van der Waals surface area contributed by atoms with E-state index in [1.165, 1.54) is 88.3 Å². The molecule has 2 nitrogen and oxygen atoms in total. The second kappa shape index (κ2) is 25.9. The minimum absolute atomic E-state index is 1.09. The lowest BCUT2D eigenvalue weighted by Gasteiger charge is -2.26. The van der Waals surface area contributed by atoms with E-state index >= 15 is 0 Å². The number of benzene rings is 15. The molecule has 0 N–H and O–H groups in total. The Hall–Kier alpha value is -12.1. The molecule has 0 spiro atoms. The Morgan fingerprint density at radius 2 is 0.370 bits per heavy atom. The molecule has 0 aliphatic heterocycles. The monoisotopic (exact) mass is 1170 g/mol. The average Bonchev–Trinajstić information content (AvgIpc) is 0.772. The predicted octanol–water partition coefficient (Wildman–Crippen LogP) is 24.8. The van der Waals surface area contributed by atoms with E-state index in [-0.39, 0.29) is 0 Å². The fourth-order valence-corrected chi connectivity index (χ4v) is 13.0. The van der Waals surface area contributed by atoms with E-state index in [2.05, 4.69) is 398 Å². The summed E-state index contributed by atoms with van der Waals surface area (Å²) in [5.41, 5.74) is 25.5. The van der Waals surface area contributed by atoms with Crippen LogP contribution < -0.4 is 9.80 Å². The quantitative estimate of drug-likeness (QED) is 0.0703. The molecule has 15 aromatic carbocycles. The normalized spacial score (nSPS) is 11.0. The fraction of sp³-hybridized carbons (Fsp3) is 0. The molecular formula is C90H64N2. The molecule has 434 valence electrons. The first-order valence-corrected chi connectivity index (χ1v) is 31.5. The van der Waals surface area contributed by atoms with Crippen LogP contribution in [0.15, 0.2) is 376 Å². The molecule has 0 aliphatic rings. The molecule has 92 heavy (non-hydrogen) atoms. The highest BCUT2D eigenvalue weighted by molar-refractivity contribution is 6.21. The Labute approximate surface area is 539 Å². The van der Waals surface area contributed by atoms with Gasteiger partial charge in [-0.1, -0.05) is 303 Å². The Kier molecular flexibility index (Phi) is 15.9. The maximum absolute atomic E-state index is 2.33. The SMILES string of the molecule is C(=C(c1ccccc1)c1ccccc1)c1ccc(N(c2ccccc2)c2ccc(-c3ccc(-c4c5ccccc5c(-c5ccc(-c6ccc(N(c7ccccc7)c7ccc(C=C(c8ccccc8)c8ccccc8)cc7)cc6)cc5)c5ccccc45)cc3)cc2)cc1. The number of nitrogens with zero attached hydrogens (tertiary/aromatic N) is 2. The number of hydrogen-bond donors (Lipinski definition) is 0. The van der Waals surface area contributed by atoms with Crippen LogP contribution in [0.4, 0.5) is 34.1 Å². The van der Waals surface area contributed by atoms with Gasteiger partial charge in [-0.05, 0) is 196 Å². The van der Waals surface area contributed by atoms with Crippen LogP contribution >= 0.6 is 0 Å². The van der Waals surface area contributed by atoms with Gasteiger partial charge in [0.05, 0.1) is 0 Å². The van der Waals surface area contributed by atoms with Crippen LogP contribution in [0.5, 0.6) is 0 Å². The second-order valence-corrected chi connectivity index (χ2v) is 23.2. The van der Waals surface area contributed by atoms with Crippen LogP contribution in [-0.2, 0) is 0 Å². The number of fused-ring (bicyclic) bond motifs is 2. The van der Waals surface area contributed by atoms with Gasteiger partial charge in [0.2, 0.25) is 0 Å². The van der Waals surface area contributed by atoms with Crippen LogP contribution in [0, 0.1) is 0 Å². The van der Waals surface area contributed by atoms with Crippen molar-refractivity contribution in [3.63, 3.8) is 0 Å². The summed E-state index contributed by atoms with van der Waals surface area (Å²) >= 11 is 0. The maximum Gasteiger partial charge on any atom is 0.0462 e. The summed E-state index contributed by atoms with van der Waals surface area (Å²) in [6.07, 6.45) is 4.58. The molecule has 0 bridgehead atoms. The molecule has 0 saturated heterocycles. The van der Waals surface area contributed by atoms with Crippen molar-refractivity contribution in [3.8, 4) is 44.5 Å². The van der Waals surface area contributed by atoms with E-state index < -0.39 is 0 Å². The molecule has 15 aromatic rings. The van der Waals surface area contributed by atoms with Crippen molar-refractivity contribution < 1.29 is 0 Å². The van der Waals surface area contributed by atoms with E-state index in [0.29, 0.717) is 0 Å². The number of hydrogen-bond acceptors (Lipinski definition) is 2. The van der Waals surface area contributed by atoms with Crippen molar-refractivity contribution in [2.45, 2.75) is 0 Å². The first-order valence-electron chi connectivity index (χ1n) is 31.5. The van der Waals surface area contributed by atoms with Crippen molar-refractivity contribution in [2.75, 3.05) is 9.80 Å². The van der Waals surface area contributed by atoms with Gasteiger partial charge in [-0.3, -0.25) is 0 Å². The molecule has 0 heterocycles. The second-order valence-electron chi connectivity index (χ2n) is 23.2. The zero-order valence-electron chi connectivity index (χ0n) is 50.8. The first-order chi connectivity index (χ1) is 45.6. The van der Waals surface area contributed by atoms with Crippen molar-refractivity contribution >= 4 is 79.0 Å². The Bertz CT molecular complexity index is 4570. The highest BCUT2D eigenvalue weighted by atomic mass is 15.1. The van der Waals surface area contributed by atoms with E-state index in [1.807, 2.05) is 0 Å². The van der Waals surface area contributed by atoms with Crippen molar-refractivity contribution in [3.05, 3.63) is 409 Å². The standard InChI is InChI=1S/C90H64N2/c1-7-23-71(24-8-1)87(72-25-9-2-10-26-72)63-65-39-55-79(56-40-65)91(77-31-15-5-16-32-77)81-59-51-69(52-60-81)67-43-47-75(48-44-67)89-83-35-19-21-37-85(83)90(86-38-22-20-36-84(86)89)76-49-45-68(46-50-76)70-53-61-82(62-54-70)92(78-33-17-6-18-34-78)80-57-41-66(42-58-80)64-88(73-27-11-3-12-28-73)74-29-13-4-14-30-74/h1-64H. The lowest BCUT2D eigenvalue weighted by atomic mass is 9.85. The molecule has 0 fully saturated rings. The summed E-state index contributed by atoms with van der Waals surface area (Å²) in [7, 11) is 0. The molecule has 0 aromatic heterocycles. The predicted molar refractivity (Wildman–Crippen MR) is 392 cm³/mol. The van der Waals surface area contributed by atoms with Gasteiger partial charge in [0.15, 0.2) is 0 Å². The molecule has 0 unspecified atom stereocenters. The lowest BCUT2D eigenvalue weighted by molar-refractivity contribution is 1.28. The molecule has 15 rings (SSSR count). The highest BCUT2D eigenvalue weighted by Gasteiger charge is 2.19. The van der Waals surface area contributed by atoms with E-state index in [1.54, 1.807) is 0 Å². The third-order valence-electron chi connectivity index (χ3n) is 17.5. The Balaban J connectivity index is 0.690. The van der Waals surface area contributed by atoms with Gasteiger partial charge in [0.25, 0.3) is 0 Å². The average molecular weight is 1170 g/mol. The fourth-order valence-electron chi connectivity index (χ4n) is 13.0. The number of para-hydroxylation sites is 2. The van der Waals surface area contributed by atoms with Gasteiger partial charge in [-0.2, -0.15) is 0 Å². The Morgan fingerprint density at radius 1 is 0.174 bits per heavy atom. The summed E-state index contributed by atoms with van der Waals surface area (Å²) < 4.78 is 0. The minimum Gasteiger partial charge on any atom is -0.311 e. The van der Waals surface area contributed by atoms with Crippen LogP contribution in [0.1, 0.15) is 33.4 Å². The van der Waals surface area contributed by atoms with Crippen LogP contribution in [0.2, 0.25) is 0 Å². The summed E-state index contributed by atoms with van der Waals surface area (Å²) in [4.78, 5) is 4.66. The lowest BCUT2D eigenvalue weighted by Crippen LogP contribution is -2.09. The molecule has 2 heteroatoms. The van der Waals surface area contributed by atoms with Gasteiger partial charge in [-0.25, -0.2) is 0 Å². The van der Waals surface area contributed by atoms with Crippen molar-refractivity contribution in [1.29, 1.82) is 0 Å². The molecular weight excluding hydrogens is 1110 g/mol. The smallest absolute Gasteiger partial charge is 0.0462 e. The van der Waals surface area contributed by atoms with Crippen molar-refractivity contribution in [2.24, 2.45) is 0 Å². The highest BCUT2D eigenvalue weighted by Crippen LogP contribution is 2.45. The molecule has 0 aliphatic carbocycles. The molecule has 0 amide bonds.